The molecule has 1 N–H and O–H groups in total. The molecule has 1 saturated heterocycles. The standard InChI is InChI=1S/C9H9BrINS/c10-8-2-1-6(3-9(8)11)12-7-4-13-5-7/h1-3,7,12H,4-5H2. The predicted molar refractivity (Wildman–Crippen MR) is 71.6 cm³/mol. The smallest absolute Gasteiger partial charge is 0.0442 e. The molecular formula is C9H9BrINS. The van der Waals surface area contributed by atoms with Crippen LogP contribution in [0.15, 0.2) is 22.7 Å². The van der Waals surface area contributed by atoms with Crippen molar-refractivity contribution in [1.29, 1.82) is 0 Å². The zero-order chi connectivity index (χ0) is 9.26. The van der Waals surface area contributed by atoms with Crippen LogP contribution in [0.1, 0.15) is 0 Å². The summed E-state index contributed by atoms with van der Waals surface area (Å²) in [6, 6.07) is 7.07. The lowest BCUT2D eigenvalue weighted by Crippen LogP contribution is -2.33. The Hall–Kier alpha value is 0.580. The van der Waals surface area contributed by atoms with Gasteiger partial charge in [-0.3, -0.25) is 0 Å². The molecule has 2 rings (SSSR count). The van der Waals surface area contributed by atoms with E-state index in [0.717, 1.165) is 0 Å². The van der Waals surface area contributed by atoms with E-state index < -0.39 is 0 Å². The highest BCUT2D eigenvalue weighted by Crippen LogP contribution is 2.26. The molecule has 1 aliphatic rings. The lowest BCUT2D eigenvalue weighted by molar-refractivity contribution is 0.882. The predicted octanol–water partition coefficient (Wildman–Crippen LogP) is 3.58. The molecule has 0 unspecified atom stereocenters. The lowest BCUT2D eigenvalue weighted by Gasteiger charge is -2.27. The van der Waals surface area contributed by atoms with Gasteiger partial charge in [-0.15, -0.1) is 0 Å². The summed E-state index contributed by atoms with van der Waals surface area (Å²) >= 11 is 7.82. The first kappa shape index (κ1) is 10.1. The van der Waals surface area contributed by atoms with Gasteiger partial charge in [-0.2, -0.15) is 11.8 Å². The van der Waals surface area contributed by atoms with Gasteiger partial charge in [0.05, 0.1) is 0 Å². The monoisotopic (exact) mass is 369 g/mol. The second-order valence-corrected chi connectivity index (χ2v) is 6.10. The normalized spacial score (nSPS) is 16.8. The van der Waals surface area contributed by atoms with Gasteiger partial charge < -0.3 is 5.32 Å². The Morgan fingerprint density at radius 1 is 1.46 bits per heavy atom. The van der Waals surface area contributed by atoms with Gasteiger partial charge in [0.1, 0.15) is 0 Å². The fourth-order valence-corrected chi connectivity index (χ4v) is 2.54. The molecule has 1 heterocycles. The van der Waals surface area contributed by atoms with Gasteiger partial charge >= 0.3 is 0 Å². The maximum absolute atomic E-state index is 3.50. The van der Waals surface area contributed by atoms with Gasteiger partial charge in [0.2, 0.25) is 0 Å². The highest BCUT2D eigenvalue weighted by atomic mass is 127. The summed E-state index contributed by atoms with van der Waals surface area (Å²) in [6.45, 7) is 0. The van der Waals surface area contributed by atoms with Gasteiger partial charge in [-0.25, -0.2) is 0 Å². The molecule has 0 saturated carbocycles. The third-order valence-electron chi connectivity index (χ3n) is 1.93. The molecule has 0 spiro atoms. The van der Waals surface area contributed by atoms with Crippen LogP contribution in [0.2, 0.25) is 0 Å². The summed E-state index contributed by atoms with van der Waals surface area (Å²) in [7, 11) is 0. The van der Waals surface area contributed by atoms with Crippen molar-refractivity contribution in [1.82, 2.24) is 0 Å². The molecule has 1 aromatic carbocycles. The largest absolute Gasteiger partial charge is 0.381 e. The van der Waals surface area contributed by atoms with Crippen LogP contribution in [-0.2, 0) is 0 Å². The van der Waals surface area contributed by atoms with E-state index in [4.69, 9.17) is 0 Å². The van der Waals surface area contributed by atoms with E-state index >= 15 is 0 Å². The third-order valence-corrected chi connectivity index (χ3v) is 5.53. The van der Waals surface area contributed by atoms with Crippen molar-refractivity contribution in [2.75, 3.05) is 16.8 Å². The van der Waals surface area contributed by atoms with Crippen LogP contribution >= 0.6 is 50.3 Å². The van der Waals surface area contributed by atoms with Crippen molar-refractivity contribution in [2.24, 2.45) is 0 Å². The van der Waals surface area contributed by atoms with Gasteiger partial charge in [0.25, 0.3) is 0 Å². The van der Waals surface area contributed by atoms with Gasteiger partial charge in [0, 0.05) is 31.3 Å². The summed E-state index contributed by atoms with van der Waals surface area (Å²) in [6.07, 6.45) is 0. The molecule has 0 aromatic heterocycles. The maximum Gasteiger partial charge on any atom is 0.0442 e. The number of hydrogen-bond acceptors (Lipinski definition) is 2. The molecule has 1 aromatic rings. The minimum absolute atomic E-state index is 0.682. The van der Waals surface area contributed by atoms with E-state index in [-0.39, 0.29) is 0 Å². The summed E-state index contributed by atoms with van der Waals surface area (Å²) in [4.78, 5) is 0. The van der Waals surface area contributed by atoms with Gasteiger partial charge in [0.15, 0.2) is 0 Å². The zero-order valence-corrected chi connectivity index (χ0v) is 11.4. The zero-order valence-electron chi connectivity index (χ0n) is 6.89. The molecule has 0 bridgehead atoms. The average molecular weight is 370 g/mol. The second-order valence-electron chi connectivity index (χ2n) is 3.01. The van der Waals surface area contributed by atoms with Crippen LogP contribution in [0.3, 0.4) is 0 Å². The van der Waals surface area contributed by atoms with Crippen LogP contribution in [0.4, 0.5) is 5.69 Å². The Bertz CT molecular complexity index is 314. The Morgan fingerprint density at radius 3 is 2.77 bits per heavy atom. The molecule has 70 valence electrons. The fourth-order valence-electron chi connectivity index (χ4n) is 1.14. The maximum atomic E-state index is 3.50. The van der Waals surface area contributed by atoms with Crippen molar-refractivity contribution in [3.8, 4) is 0 Å². The summed E-state index contributed by atoms with van der Waals surface area (Å²) in [5.41, 5.74) is 1.23. The molecule has 4 heteroatoms. The molecular weight excluding hydrogens is 361 g/mol. The molecule has 1 aliphatic heterocycles. The number of thioether (sulfide) groups is 1. The molecule has 0 aliphatic carbocycles. The first-order valence-electron chi connectivity index (χ1n) is 4.05. The first-order valence-corrected chi connectivity index (χ1v) is 7.07. The molecule has 0 radical (unpaired) electrons. The van der Waals surface area contributed by atoms with E-state index in [2.05, 4.69) is 62.0 Å². The van der Waals surface area contributed by atoms with Crippen molar-refractivity contribution in [3.05, 3.63) is 26.2 Å². The summed E-state index contributed by atoms with van der Waals surface area (Å²) in [5.74, 6) is 2.49. The number of halogens is 2. The minimum Gasteiger partial charge on any atom is -0.381 e. The Balaban J connectivity index is 2.07. The first-order chi connectivity index (χ1) is 6.25. The topological polar surface area (TPSA) is 12.0 Å². The van der Waals surface area contributed by atoms with E-state index in [1.165, 1.54) is 25.2 Å². The van der Waals surface area contributed by atoms with E-state index in [0.29, 0.717) is 6.04 Å². The Labute approximate surface area is 104 Å². The lowest BCUT2D eigenvalue weighted by atomic mass is 10.3. The number of benzene rings is 1. The van der Waals surface area contributed by atoms with E-state index in [9.17, 15) is 0 Å². The van der Waals surface area contributed by atoms with Crippen molar-refractivity contribution in [3.63, 3.8) is 0 Å². The number of nitrogens with one attached hydrogen (secondary N) is 1. The highest BCUT2D eigenvalue weighted by molar-refractivity contribution is 14.1. The number of anilines is 1. The van der Waals surface area contributed by atoms with Gasteiger partial charge in [-0.05, 0) is 56.7 Å². The average Bonchev–Trinajstić information content (AvgIpc) is 2.04. The molecule has 13 heavy (non-hydrogen) atoms. The van der Waals surface area contributed by atoms with Crippen molar-refractivity contribution in [2.45, 2.75) is 6.04 Å². The van der Waals surface area contributed by atoms with Crippen LogP contribution in [0.5, 0.6) is 0 Å². The van der Waals surface area contributed by atoms with Crippen LogP contribution in [0.25, 0.3) is 0 Å². The molecule has 1 fully saturated rings. The Kier molecular flexibility index (Phi) is 3.42. The van der Waals surface area contributed by atoms with Crippen LogP contribution < -0.4 is 5.32 Å². The quantitative estimate of drug-likeness (QED) is 0.799. The number of hydrogen-bond donors (Lipinski definition) is 1. The summed E-state index contributed by atoms with van der Waals surface area (Å²) in [5, 5.41) is 3.50. The van der Waals surface area contributed by atoms with Gasteiger partial charge in [-0.1, -0.05) is 0 Å². The minimum atomic E-state index is 0.682. The second kappa shape index (κ2) is 4.40. The van der Waals surface area contributed by atoms with E-state index in [1.807, 2.05) is 11.8 Å². The Morgan fingerprint density at radius 2 is 2.23 bits per heavy atom. The van der Waals surface area contributed by atoms with Crippen molar-refractivity contribution >= 4 is 56.0 Å². The van der Waals surface area contributed by atoms with Crippen LogP contribution in [-0.4, -0.2) is 17.5 Å². The molecule has 1 nitrogen and oxygen atoms in total. The fraction of sp³-hybridized carbons (Fsp3) is 0.333. The highest BCUT2D eigenvalue weighted by Gasteiger charge is 2.17. The number of rotatable bonds is 2. The molecule has 0 amide bonds. The molecule has 0 atom stereocenters. The van der Waals surface area contributed by atoms with Crippen molar-refractivity contribution < 1.29 is 0 Å². The van der Waals surface area contributed by atoms with Crippen LogP contribution in [0, 0.1) is 3.57 Å². The SMILES string of the molecule is Brc1ccc(NC2CSC2)cc1I. The van der Waals surface area contributed by atoms with E-state index in [1.54, 1.807) is 0 Å². The third kappa shape index (κ3) is 2.53. The summed E-state index contributed by atoms with van der Waals surface area (Å²) < 4.78 is 2.43.